The van der Waals surface area contributed by atoms with Gasteiger partial charge in [-0.15, -0.1) is 0 Å². The molecule has 1 aliphatic heterocycles. The van der Waals surface area contributed by atoms with Gasteiger partial charge in [-0.25, -0.2) is 4.98 Å². The van der Waals surface area contributed by atoms with Gasteiger partial charge in [-0.1, -0.05) is 6.07 Å². The standard InChI is InChI=1S/C22H23N5O3/c28-21(15-4-3-5-16(10-15)26-7-1-2-8-26)24-18-11-19(18)25-22(29)20-12-27(14-23-20)17-6-9-30-13-17/h1-5,7-8,10,12,14,17-19H,6,9,11,13H2,(H,24,28)(H,25,29)/t17?,18-,19-/m1/s1. The first kappa shape index (κ1) is 18.6. The van der Waals surface area contributed by atoms with Gasteiger partial charge in [0.1, 0.15) is 5.69 Å². The third-order valence-electron chi connectivity index (χ3n) is 5.60. The Balaban J connectivity index is 1.15. The maximum Gasteiger partial charge on any atom is 0.271 e. The van der Waals surface area contributed by atoms with Crippen LogP contribution in [0.2, 0.25) is 0 Å². The molecule has 2 N–H and O–H groups in total. The van der Waals surface area contributed by atoms with Crippen molar-refractivity contribution in [3.8, 4) is 5.69 Å². The minimum Gasteiger partial charge on any atom is -0.379 e. The van der Waals surface area contributed by atoms with Crippen LogP contribution in [0, 0.1) is 0 Å². The fourth-order valence-electron chi connectivity index (χ4n) is 3.73. The van der Waals surface area contributed by atoms with Crippen LogP contribution in [0.25, 0.3) is 5.69 Å². The van der Waals surface area contributed by atoms with Crippen molar-refractivity contribution in [1.82, 2.24) is 24.8 Å². The van der Waals surface area contributed by atoms with Gasteiger partial charge in [-0.2, -0.15) is 0 Å². The topological polar surface area (TPSA) is 90.2 Å². The Bertz CT molecular complexity index is 1050. The van der Waals surface area contributed by atoms with Crippen molar-refractivity contribution >= 4 is 11.8 Å². The van der Waals surface area contributed by atoms with E-state index in [-0.39, 0.29) is 29.9 Å². The highest BCUT2D eigenvalue weighted by atomic mass is 16.5. The van der Waals surface area contributed by atoms with E-state index in [1.165, 1.54) is 0 Å². The third-order valence-corrected chi connectivity index (χ3v) is 5.60. The highest BCUT2D eigenvalue weighted by Crippen LogP contribution is 2.23. The van der Waals surface area contributed by atoms with E-state index < -0.39 is 0 Å². The SMILES string of the molecule is O=C(N[C@@H]1C[C@H]1NC(=O)c1cn(C2CCOC2)cn1)c1cccc(-n2cccc2)c1. The van der Waals surface area contributed by atoms with Crippen molar-refractivity contribution in [3.05, 3.63) is 72.6 Å². The normalized spacial score (nSPS) is 22.6. The van der Waals surface area contributed by atoms with Crippen LogP contribution in [0.4, 0.5) is 0 Å². The molecule has 2 amide bonds. The highest BCUT2D eigenvalue weighted by molar-refractivity contribution is 5.96. The maximum atomic E-state index is 12.6. The number of aromatic nitrogens is 3. The van der Waals surface area contributed by atoms with Crippen molar-refractivity contribution < 1.29 is 14.3 Å². The molecular formula is C22H23N5O3. The van der Waals surface area contributed by atoms with E-state index in [0.717, 1.165) is 18.7 Å². The fraction of sp³-hybridized carbons (Fsp3) is 0.318. The lowest BCUT2D eigenvalue weighted by molar-refractivity contribution is 0.0924. The van der Waals surface area contributed by atoms with E-state index >= 15 is 0 Å². The van der Waals surface area contributed by atoms with Crippen LogP contribution in [0.5, 0.6) is 0 Å². The van der Waals surface area contributed by atoms with Gasteiger partial charge in [0, 0.05) is 36.4 Å². The van der Waals surface area contributed by atoms with E-state index in [0.29, 0.717) is 24.3 Å². The fourth-order valence-corrected chi connectivity index (χ4v) is 3.73. The number of carbonyl (C=O) groups excluding carboxylic acids is 2. The van der Waals surface area contributed by atoms with Crippen molar-refractivity contribution in [1.29, 1.82) is 0 Å². The average molecular weight is 405 g/mol. The monoisotopic (exact) mass is 405 g/mol. The number of hydrogen-bond acceptors (Lipinski definition) is 4. The second kappa shape index (κ2) is 7.79. The summed E-state index contributed by atoms with van der Waals surface area (Å²) in [6.07, 6.45) is 8.95. The van der Waals surface area contributed by atoms with Gasteiger partial charge in [0.25, 0.3) is 11.8 Å². The molecule has 1 saturated heterocycles. The highest BCUT2D eigenvalue weighted by Gasteiger charge is 2.40. The van der Waals surface area contributed by atoms with E-state index in [1.54, 1.807) is 18.6 Å². The van der Waals surface area contributed by atoms with Crippen LogP contribution in [-0.2, 0) is 4.74 Å². The molecule has 1 unspecified atom stereocenters. The Labute approximate surface area is 173 Å². The number of nitrogens with one attached hydrogen (secondary N) is 2. The Hall–Kier alpha value is -3.39. The first-order chi connectivity index (χ1) is 14.7. The minimum absolute atomic E-state index is 0.0676. The zero-order valence-electron chi connectivity index (χ0n) is 16.4. The number of amides is 2. The number of ether oxygens (including phenoxy) is 1. The Kier molecular flexibility index (Phi) is 4.84. The second-order valence-corrected chi connectivity index (χ2v) is 7.76. The lowest BCUT2D eigenvalue weighted by Crippen LogP contribution is -2.34. The van der Waals surface area contributed by atoms with Gasteiger partial charge in [0.15, 0.2) is 0 Å². The van der Waals surface area contributed by atoms with Crippen LogP contribution < -0.4 is 10.6 Å². The molecule has 30 heavy (non-hydrogen) atoms. The van der Waals surface area contributed by atoms with E-state index in [4.69, 9.17) is 4.74 Å². The van der Waals surface area contributed by atoms with Crippen molar-refractivity contribution in [2.24, 2.45) is 0 Å². The Morgan fingerprint density at radius 3 is 2.63 bits per heavy atom. The first-order valence-corrected chi connectivity index (χ1v) is 10.1. The summed E-state index contributed by atoms with van der Waals surface area (Å²) in [7, 11) is 0. The number of hydrogen-bond donors (Lipinski definition) is 2. The largest absolute Gasteiger partial charge is 0.379 e. The summed E-state index contributed by atoms with van der Waals surface area (Å²) in [5.41, 5.74) is 1.91. The number of carbonyl (C=O) groups is 2. The molecule has 3 aromatic rings. The molecule has 3 heterocycles. The molecule has 0 radical (unpaired) electrons. The lowest BCUT2D eigenvalue weighted by atomic mass is 10.2. The summed E-state index contributed by atoms with van der Waals surface area (Å²) in [5.74, 6) is -0.361. The van der Waals surface area contributed by atoms with Crippen LogP contribution in [0.3, 0.4) is 0 Å². The predicted octanol–water partition coefficient (Wildman–Crippen LogP) is 1.94. The molecule has 0 bridgehead atoms. The van der Waals surface area contributed by atoms with Gasteiger partial charge < -0.3 is 24.5 Å². The molecule has 2 aliphatic rings. The molecule has 1 saturated carbocycles. The molecule has 8 heteroatoms. The van der Waals surface area contributed by atoms with Crippen molar-refractivity contribution in [3.63, 3.8) is 0 Å². The van der Waals surface area contributed by atoms with Crippen molar-refractivity contribution in [2.45, 2.75) is 31.0 Å². The average Bonchev–Trinajstić information content (AvgIpc) is 3.30. The van der Waals surface area contributed by atoms with Gasteiger partial charge in [-0.3, -0.25) is 9.59 Å². The number of rotatable bonds is 6. The first-order valence-electron chi connectivity index (χ1n) is 10.1. The van der Waals surface area contributed by atoms with Gasteiger partial charge in [-0.05, 0) is 43.2 Å². The molecular weight excluding hydrogens is 382 g/mol. The van der Waals surface area contributed by atoms with E-state index in [2.05, 4.69) is 15.6 Å². The lowest BCUT2D eigenvalue weighted by Gasteiger charge is -2.08. The number of imidazole rings is 1. The summed E-state index contributed by atoms with van der Waals surface area (Å²) < 4.78 is 9.27. The summed E-state index contributed by atoms with van der Waals surface area (Å²) >= 11 is 0. The number of benzene rings is 1. The van der Waals surface area contributed by atoms with Crippen LogP contribution in [0.15, 0.2) is 61.3 Å². The van der Waals surface area contributed by atoms with Gasteiger partial charge in [0.05, 0.1) is 31.1 Å². The molecule has 2 aromatic heterocycles. The molecule has 3 atom stereocenters. The molecule has 2 fully saturated rings. The van der Waals surface area contributed by atoms with Gasteiger partial charge >= 0.3 is 0 Å². The van der Waals surface area contributed by atoms with E-state index in [9.17, 15) is 9.59 Å². The Morgan fingerprint density at radius 2 is 1.87 bits per heavy atom. The van der Waals surface area contributed by atoms with Crippen molar-refractivity contribution in [2.75, 3.05) is 13.2 Å². The zero-order valence-corrected chi connectivity index (χ0v) is 16.4. The minimum atomic E-state index is -0.219. The van der Waals surface area contributed by atoms with E-state index in [1.807, 2.05) is 51.9 Å². The molecule has 1 aromatic carbocycles. The molecule has 0 spiro atoms. The molecule has 1 aliphatic carbocycles. The maximum absolute atomic E-state index is 12.6. The van der Waals surface area contributed by atoms with Gasteiger partial charge in [0.2, 0.25) is 0 Å². The zero-order chi connectivity index (χ0) is 20.5. The molecule has 8 nitrogen and oxygen atoms in total. The smallest absolute Gasteiger partial charge is 0.271 e. The summed E-state index contributed by atoms with van der Waals surface area (Å²) in [6, 6.07) is 11.4. The van der Waals surface area contributed by atoms with Crippen LogP contribution in [-0.4, -0.2) is 51.2 Å². The Morgan fingerprint density at radius 1 is 1.07 bits per heavy atom. The van der Waals surface area contributed by atoms with Crippen LogP contribution >= 0.6 is 0 Å². The molecule has 5 rings (SSSR count). The summed E-state index contributed by atoms with van der Waals surface area (Å²) in [6.45, 7) is 1.39. The quantitative estimate of drug-likeness (QED) is 0.656. The summed E-state index contributed by atoms with van der Waals surface area (Å²) in [4.78, 5) is 29.3. The second-order valence-electron chi connectivity index (χ2n) is 7.76. The molecule has 154 valence electrons. The predicted molar refractivity (Wildman–Crippen MR) is 110 cm³/mol. The third kappa shape index (κ3) is 3.86. The summed E-state index contributed by atoms with van der Waals surface area (Å²) in [5, 5.41) is 5.94. The van der Waals surface area contributed by atoms with Crippen LogP contribution in [0.1, 0.15) is 39.7 Å². The number of nitrogens with zero attached hydrogens (tertiary/aromatic N) is 3.